The molecule has 0 saturated heterocycles. The van der Waals surface area contributed by atoms with E-state index in [2.05, 4.69) is 21.0 Å². The monoisotopic (exact) mass is 435 g/mol. The first kappa shape index (κ1) is 30.6. The molecular formula is C24H54ClNOSi. The Morgan fingerprint density at radius 2 is 0.929 bits per heavy atom. The van der Waals surface area contributed by atoms with Crippen LogP contribution in [0.25, 0.3) is 0 Å². The van der Waals surface area contributed by atoms with E-state index in [1.165, 1.54) is 133 Å². The van der Waals surface area contributed by atoms with Gasteiger partial charge in [0, 0.05) is 7.11 Å². The van der Waals surface area contributed by atoms with E-state index < -0.39 is 0 Å². The van der Waals surface area contributed by atoms with Crippen LogP contribution in [0.2, 0.25) is 6.04 Å². The van der Waals surface area contributed by atoms with Gasteiger partial charge in [-0.1, -0.05) is 96.8 Å². The molecule has 0 aromatic carbocycles. The van der Waals surface area contributed by atoms with Gasteiger partial charge in [-0.15, -0.1) is 0 Å². The molecule has 0 aliphatic carbocycles. The Balaban J connectivity index is 0. The quantitative estimate of drug-likeness (QED) is 0.142. The molecule has 0 aromatic rings. The van der Waals surface area contributed by atoms with Gasteiger partial charge in [0.15, 0.2) is 9.76 Å². The average Bonchev–Trinajstić information content (AvgIpc) is 2.65. The summed E-state index contributed by atoms with van der Waals surface area (Å²) < 4.78 is 6.49. The Labute approximate surface area is 187 Å². The van der Waals surface area contributed by atoms with Crippen LogP contribution in [0.1, 0.15) is 116 Å². The summed E-state index contributed by atoms with van der Waals surface area (Å²) >= 11 is 0. The Hall–Kier alpha value is 0.427. The molecule has 0 amide bonds. The van der Waals surface area contributed by atoms with Crippen LogP contribution < -0.4 is 12.4 Å². The lowest BCUT2D eigenvalue weighted by atomic mass is 10.0. The lowest BCUT2D eigenvalue weighted by molar-refractivity contribution is -0.890. The standard InChI is InChI=1S/C24H54NOSi.ClH/c1-5-6-7-8-9-10-11-12-13-14-15-16-17-18-19-20-22-25(2,3)23-21-24-27-26-4;/h5-24,27H2,1-4H3;1H/q+1;/p-1. The molecule has 0 fully saturated rings. The molecular weight excluding hydrogens is 382 g/mol. The Morgan fingerprint density at radius 1 is 0.571 bits per heavy atom. The summed E-state index contributed by atoms with van der Waals surface area (Å²) in [4.78, 5) is 0. The third-order valence-corrected chi connectivity index (χ3v) is 7.18. The van der Waals surface area contributed by atoms with Gasteiger partial charge in [0.2, 0.25) is 0 Å². The fourth-order valence-corrected chi connectivity index (χ4v) is 4.70. The van der Waals surface area contributed by atoms with Gasteiger partial charge in [-0.2, -0.15) is 0 Å². The molecule has 28 heavy (non-hydrogen) atoms. The zero-order chi connectivity index (χ0) is 20.1. The second-order valence-corrected chi connectivity index (χ2v) is 11.1. The second kappa shape index (κ2) is 23.7. The third-order valence-electron chi connectivity index (χ3n) is 5.98. The van der Waals surface area contributed by atoms with Gasteiger partial charge in [-0.3, -0.25) is 0 Å². The number of rotatable bonds is 22. The second-order valence-electron chi connectivity index (χ2n) is 9.39. The number of hydrogen-bond acceptors (Lipinski definition) is 1. The zero-order valence-corrected chi connectivity index (χ0v) is 22.3. The van der Waals surface area contributed by atoms with E-state index in [0.29, 0.717) is 0 Å². The van der Waals surface area contributed by atoms with Crippen LogP contribution in [0, 0.1) is 0 Å². The van der Waals surface area contributed by atoms with Gasteiger partial charge < -0.3 is 21.3 Å². The molecule has 0 aliphatic rings. The minimum atomic E-state index is -0.206. The molecule has 0 atom stereocenters. The Bertz CT molecular complexity index is 290. The highest BCUT2D eigenvalue weighted by Gasteiger charge is 2.13. The highest BCUT2D eigenvalue weighted by Crippen LogP contribution is 2.14. The first-order valence-corrected chi connectivity index (χ1v) is 14.0. The molecule has 0 saturated carbocycles. The number of hydrogen-bond donors (Lipinski definition) is 0. The van der Waals surface area contributed by atoms with Crippen molar-refractivity contribution in [3.8, 4) is 0 Å². The summed E-state index contributed by atoms with van der Waals surface area (Å²) in [6.07, 6.45) is 24.7. The maximum absolute atomic E-state index is 5.28. The molecule has 0 bridgehead atoms. The summed E-state index contributed by atoms with van der Waals surface area (Å²) in [5, 5.41) is 0. The summed E-state index contributed by atoms with van der Waals surface area (Å²) in [7, 11) is 6.46. The summed E-state index contributed by atoms with van der Waals surface area (Å²) in [6.45, 7) is 4.98. The van der Waals surface area contributed by atoms with Gasteiger partial charge in [-0.05, 0) is 25.3 Å². The SMILES string of the molecule is CCCCCCCCCCCCCCCCCC[N+](C)(C)CCC[SiH2]OC.[Cl-]. The van der Waals surface area contributed by atoms with E-state index in [1.807, 2.05) is 7.11 Å². The summed E-state index contributed by atoms with van der Waals surface area (Å²) in [5.41, 5.74) is 0. The fraction of sp³-hybridized carbons (Fsp3) is 1.00. The Kier molecular flexibility index (Phi) is 25.9. The number of quaternary nitrogens is 1. The fourth-order valence-electron chi connectivity index (χ4n) is 3.99. The largest absolute Gasteiger partial charge is 1.00 e. The molecule has 4 heteroatoms. The lowest BCUT2D eigenvalue weighted by Gasteiger charge is -2.29. The van der Waals surface area contributed by atoms with Gasteiger partial charge in [0.25, 0.3) is 0 Å². The van der Waals surface area contributed by atoms with Crippen molar-refractivity contribution in [3.05, 3.63) is 0 Å². The molecule has 0 rings (SSSR count). The minimum absolute atomic E-state index is 0. The summed E-state index contributed by atoms with van der Waals surface area (Å²) in [5.74, 6) is 0. The van der Waals surface area contributed by atoms with Crippen LogP contribution >= 0.6 is 0 Å². The van der Waals surface area contributed by atoms with Crippen molar-refractivity contribution in [1.29, 1.82) is 0 Å². The van der Waals surface area contributed by atoms with Crippen LogP contribution in [0.3, 0.4) is 0 Å². The molecule has 172 valence electrons. The van der Waals surface area contributed by atoms with Gasteiger partial charge in [0.05, 0.1) is 27.2 Å². The van der Waals surface area contributed by atoms with Crippen molar-refractivity contribution < 1.29 is 21.3 Å². The van der Waals surface area contributed by atoms with Gasteiger partial charge in [-0.25, -0.2) is 0 Å². The molecule has 0 aromatic heterocycles. The van der Waals surface area contributed by atoms with Crippen molar-refractivity contribution in [2.75, 3.05) is 34.3 Å². The normalized spacial score (nSPS) is 12.0. The van der Waals surface area contributed by atoms with Gasteiger partial charge in [0.1, 0.15) is 0 Å². The van der Waals surface area contributed by atoms with E-state index in [1.54, 1.807) is 0 Å². The van der Waals surface area contributed by atoms with Gasteiger partial charge >= 0.3 is 0 Å². The highest BCUT2D eigenvalue weighted by atomic mass is 35.5. The van der Waals surface area contributed by atoms with E-state index in [-0.39, 0.29) is 22.2 Å². The van der Waals surface area contributed by atoms with E-state index >= 15 is 0 Å². The van der Waals surface area contributed by atoms with E-state index in [4.69, 9.17) is 4.43 Å². The molecule has 0 N–H and O–H groups in total. The molecule has 0 aliphatic heterocycles. The number of halogens is 1. The molecule has 0 spiro atoms. The van der Waals surface area contributed by atoms with Crippen LogP contribution in [0.4, 0.5) is 0 Å². The third kappa shape index (κ3) is 24.5. The van der Waals surface area contributed by atoms with Crippen molar-refractivity contribution in [2.45, 2.75) is 122 Å². The van der Waals surface area contributed by atoms with Crippen LogP contribution in [0.5, 0.6) is 0 Å². The molecule has 0 radical (unpaired) electrons. The van der Waals surface area contributed by atoms with E-state index in [0.717, 1.165) is 0 Å². The smallest absolute Gasteiger partial charge is 0.161 e. The van der Waals surface area contributed by atoms with Crippen molar-refractivity contribution in [3.63, 3.8) is 0 Å². The molecule has 0 unspecified atom stereocenters. The van der Waals surface area contributed by atoms with Crippen molar-refractivity contribution >= 4 is 9.76 Å². The predicted molar refractivity (Wildman–Crippen MR) is 126 cm³/mol. The van der Waals surface area contributed by atoms with Crippen molar-refractivity contribution in [2.24, 2.45) is 0 Å². The first-order valence-electron chi connectivity index (χ1n) is 12.4. The van der Waals surface area contributed by atoms with Crippen molar-refractivity contribution in [1.82, 2.24) is 0 Å². The molecule has 2 nitrogen and oxygen atoms in total. The van der Waals surface area contributed by atoms with E-state index in [9.17, 15) is 0 Å². The lowest BCUT2D eigenvalue weighted by Crippen LogP contribution is -3.00. The predicted octanol–water partition coefficient (Wildman–Crippen LogP) is 3.87. The zero-order valence-electron chi connectivity index (χ0n) is 20.1. The van der Waals surface area contributed by atoms with Crippen LogP contribution in [0.15, 0.2) is 0 Å². The molecule has 0 heterocycles. The minimum Gasteiger partial charge on any atom is -1.00 e. The van der Waals surface area contributed by atoms with Crippen LogP contribution in [-0.4, -0.2) is 48.5 Å². The topological polar surface area (TPSA) is 9.23 Å². The Morgan fingerprint density at radius 3 is 1.32 bits per heavy atom. The van der Waals surface area contributed by atoms with Crippen LogP contribution in [-0.2, 0) is 4.43 Å². The average molecular weight is 436 g/mol. The summed E-state index contributed by atoms with van der Waals surface area (Å²) in [6, 6.07) is 1.34. The first-order chi connectivity index (χ1) is 13.1. The maximum atomic E-state index is 5.28. The number of nitrogens with zero attached hydrogens (tertiary/aromatic N) is 1. The maximum Gasteiger partial charge on any atom is 0.161 e. The highest BCUT2D eigenvalue weighted by molar-refractivity contribution is 6.26. The number of unbranched alkanes of at least 4 members (excludes halogenated alkanes) is 15.